The van der Waals surface area contributed by atoms with E-state index in [4.69, 9.17) is 18.5 Å². The molecule has 0 aromatic heterocycles. The summed E-state index contributed by atoms with van der Waals surface area (Å²) in [4.78, 5) is 35.7. The van der Waals surface area contributed by atoms with Crippen LogP contribution in [0.25, 0.3) is 0 Å². The SMILES string of the molecule is CC/C=C\C/C=C\C/C=C\C/C=C\C/C=C\C/C=C\C/C=C\C/C=C\CCCCC(=O)OC(COC(=O)CCCCCCCCCCC/C=C\CCCCCCCCCC)COP(=O)(O)OCC[N+](C)(C)C. The monoisotopic (exact) mass is 1020 g/mol. The van der Waals surface area contributed by atoms with Gasteiger partial charge < -0.3 is 18.9 Å². The minimum Gasteiger partial charge on any atom is -0.462 e. The second-order valence-corrected chi connectivity index (χ2v) is 21.4. The van der Waals surface area contributed by atoms with Gasteiger partial charge in [0, 0.05) is 12.8 Å². The number of hydrogen-bond donors (Lipinski definition) is 1. The number of ether oxygens (including phenoxy) is 2. The maximum Gasteiger partial charge on any atom is 0.472 e. The second kappa shape index (κ2) is 52.5. The summed E-state index contributed by atoms with van der Waals surface area (Å²) < 4.78 is 34.5. The molecule has 0 saturated heterocycles. The Morgan fingerprint density at radius 2 is 0.792 bits per heavy atom. The third kappa shape index (κ3) is 56.0. The number of allylic oxidation sites excluding steroid dienone is 18. The fraction of sp³-hybridized carbons (Fsp3) is 0.677. The van der Waals surface area contributed by atoms with Crippen molar-refractivity contribution in [3.63, 3.8) is 0 Å². The minimum atomic E-state index is -4.41. The van der Waals surface area contributed by atoms with Crippen LogP contribution in [0, 0.1) is 0 Å². The van der Waals surface area contributed by atoms with Crippen molar-refractivity contribution in [2.75, 3.05) is 47.5 Å². The van der Waals surface area contributed by atoms with Crippen molar-refractivity contribution >= 4 is 19.8 Å². The maximum atomic E-state index is 12.8. The van der Waals surface area contributed by atoms with Crippen molar-refractivity contribution in [3.8, 4) is 0 Å². The molecule has 0 aromatic rings. The lowest BCUT2D eigenvalue weighted by molar-refractivity contribution is -0.870. The van der Waals surface area contributed by atoms with Crippen LogP contribution >= 0.6 is 7.82 Å². The van der Waals surface area contributed by atoms with Gasteiger partial charge in [0.05, 0.1) is 27.7 Å². The van der Waals surface area contributed by atoms with Crippen LogP contribution in [0.1, 0.15) is 219 Å². The van der Waals surface area contributed by atoms with Crippen molar-refractivity contribution in [1.82, 2.24) is 0 Å². The Balaban J connectivity index is 4.32. The summed E-state index contributed by atoms with van der Waals surface area (Å²) in [5, 5.41) is 0. The van der Waals surface area contributed by atoms with Crippen molar-refractivity contribution in [1.29, 1.82) is 0 Å². The van der Waals surface area contributed by atoms with Gasteiger partial charge in [-0.15, -0.1) is 0 Å². The third-order valence-electron chi connectivity index (χ3n) is 11.8. The van der Waals surface area contributed by atoms with E-state index in [-0.39, 0.29) is 32.0 Å². The van der Waals surface area contributed by atoms with Crippen LogP contribution in [0.2, 0.25) is 0 Å². The van der Waals surface area contributed by atoms with Crippen molar-refractivity contribution in [2.45, 2.75) is 225 Å². The average molecular weight is 1030 g/mol. The molecule has 72 heavy (non-hydrogen) atoms. The molecule has 0 aliphatic heterocycles. The smallest absolute Gasteiger partial charge is 0.462 e. The van der Waals surface area contributed by atoms with E-state index in [1.54, 1.807) is 0 Å². The number of hydrogen-bond acceptors (Lipinski definition) is 7. The molecule has 0 amide bonds. The Hall–Kier alpha value is -3.33. The van der Waals surface area contributed by atoms with Gasteiger partial charge in [-0.2, -0.15) is 0 Å². The molecule has 412 valence electrons. The average Bonchev–Trinajstić information content (AvgIpc) is 3.34. The number of phosphoric acid groups is 1. The van der Waals surface area contributed by atoms with Crippen LogP contribution in [-0.2, 0) is 32.7 Å². The van der Waals surface area contributed by atoms with E-state index in [2.05, 4.69) is 123 Å². The molecule has 0 aromatic carbocycles. The van der Waals surface area contributed by atoms with Crippen molar-refractivity contribution in [3.05, 3.63) is 109 Å². The summed E-state index contributed by atoms with van der Waals surface area (Å²) in [6, 6.07) is 0. The summed E-state index contributed by atoms with van der Waals surface area (Å²) >= 11 is 0. The third-order valence-corrected chi connectivity index (χ3v) is 12.8. The lowest BCUT2D eigenvalue weighted by atomic mass is 10.1. The lowest BCUT2D eigenvalue weighted by Gasteiger charge is -2.24. The predicted molar refractivity (Wildman–Crippen MR) is 307 cm³/mol. The normalized spacial score (nSPS) is 14.1. The fourth-order valence-corrected chi connectivity index (χ4v) is 8.12. The molecule has 0 spiro atoms. The first-order chi connectivity index (χ1) is 35.0. The fourth-order valence-electron chi connectivity index (χ4n) is 7.38. The van der Waals surface area contributed by atoms with E-state index in [9.17, 15) is 19.0 Å². The maximum absolute atomic E-state index is 12.8. The molecule has 0 bridgehead atoms. The molecule has 0 rings (SSSR count). The highest BCUT2D eigenvalue weighted by Gasteiger charge is 2.27. The highest BCUT2D eigenvalue weighted by atomic mass is 31.2. The highest BCUT2D eigenvalue weighted by molar-refractivity contribution is 7.47. The number of esters is 2. The van der Waals surface area contributed by atoms with E-state index in [1.807, 2.05) is 21.1 Å². The van der Waals surface area contributed by atoms with Gasteiger partial charge in [0.25, 0.3) is 0 Å². The molecule has 9 nitrogen and oxygen atoms in total. The molecule has 2 unspecified atom stereocenters. The summed E-state index contributed by atoms with van der Waals surface area (Å²) in [6.07, 6.45) is 73.0. The van der Waals surface area contributed by atoms with E-state index in [1.165, 1.54) is 103 Å². The Morgan fingerprint density at radius 3 is 1.22 bits per heavy atom. The summed E-state index contributed by atoms with van der Waals surface area (Å²) in [5.74, 6) is -0.856. The van der Waals surface area contributed by atoms with Gasteiger partial charge in [0.2, 0.25) is 0 Å². The number of unbranched alkanes of at least 4 members (excludes halogenated alkanes) is 19. The zero-order valence-corrected chi connectivity index (χ0v) is 47.5. The number of likely N-dealkylation sites (N-methyl/N-ethyl adjacent to an activating group) is 1. The van der Waals surface area contributed by atoms with Crippen LogP contribution in [0.4, 0.5) is 0 Å². The molecular weight excluding hydrogens is 918 g/mol. The quantitative estimate of drug-likeness (QED) is 0.0211. The summed E-state index contributed by atoms with van der Waals surface area (Å²) in [7, 11) is 1.43. The van der Waals surface area contributed by atoms with Crippen LogP contribution in [0.15, 0.2) is 109 Å². The first-order valence-electron chi connectivity index (χ1n) is 28.6. The summed E-state index contributed by atoms with van der Waals surface area (Å²) in [6.45, 7) is 4.26. The van der Waals surface area contributed by atoms with Crippen LogP contribution < -0.4 is 0 Å². The molecule has 0 radical (unpaired) electrons. The number of carbonyl (C=O) groups excluding carboxylic acids is 2. The molecular formula is C62H107NO8P+. The standard InChI is InChI=1S/C62H106NO8P/c1-6-8-10-12-14-16-18-20-22-24-26-28-29-30-31-32-33-35-37-39-41-43-45-47-49-51-53-55-62(65)71-60(59-70-72(66,67)69-57-56-63(3,4)5)58-68-61(64)54-52-50-48-46-44-42-40-38-36-34-27-25-23-21-19-17-15-13-11-9-7-2/h8,10,14,16,20,22,25-28,30-31,33,35,39,41,45,47,60H,6-7,9,11-13,15,17-19,21,23-24,29,32,34,36-38,40,42-44,46,48-59H2,1-5H3/p+1/b10-8-,16-14-,22-20-,27-25-,28-26-,31-30-,35-33-,41-39-,47-45-. The van der Waals surface area contributed by atoms with E-state index in [0.29, 0.717) is 17.4 Å². The number of carbonyl (C=O) groups is 2. The zero-order valence-electron chi connectivity index (χ0n) is 46.6. The summed E-state index contributed by atoms with van der Waals surface area (Å²) in [5.41, 5.74) is 0. The van der Waals surface area contributed by atoms with Gasteiger partial charge in [-0.25, -0.2) is 4.57 Å². The van der Waals surface area contributed by atoms with E-state index < -0.39 is 26.5 Å². The molecule has 10 heteroatoms. The van der Waals surface area contributed by atoms with E-state index in [0.717, 1.165) is 83.5 Å². The van der Waals surface area contributed by atoms with Crippen molar-refractivity contribution < 1.29 is 42.1 Å². The second-order valence-electron chi connectivity index (χ2n) is 19.9. The molecule has 1 N–H and O–H groups in total. The van der Waals surface area contributed by atoms with E-state index >= 15 is 0 Å². The molecule has 2 atom stereocenters. The first kappa shape index (κ1) is 68.7. The van der Waals surface area contributed by atoms with Gasteiger partial charge in [-0.3, -0.25) is 18.6 Å². The molecule has 0 aliphatic carbocycles. The van der Waals surface area contributed by atoms with Crippen molar-refractivity contribution in [2.24, 2.45) is 0 Å². The highest BCUT2D eigenvalue weighted by Crippen LogP contribution is 2.43. The van der Waals surface area contributed by atoms with Gasteiger partial charge in [0.15, 0.2) is 6.10 Å². The minimum absolute atomic E-state index is 0.0170. The predicted octanol–water partition coefficient (Wildman–Crippen LogP) is 17.8. The number of phosphoric ester groups is 1. The molecule has 0 heterocycles. The number of rotatable bonds is 51. The Bertz CT molecular complexity index is 1580. The van der Waals surface area contributed by atoms with Crippen LogP contribution in [-0.4, -0.2) is 74.9 Å². The molecule has 0 fully saturated rings. The van der Waals surface area contributed by atoms with Gasteiger partial charge in [-0.05, 0) is 103 Å². The Labute approximate surface area is 442 Å². The van der Waals surface area contributed by atoms with Gasteiger partial charge in [0.1, 0.15) is 19.8 Å². The number of nitrogens with zero attached hydrogens (tertiary/aromatic N) is 1. The first-order valence-corrected chi connectivity index (χ1v) is 30.1. The largest absolute Gasteiger partial charge is 0.472 e. The molecule has 0 aliphatic rings. The van der Waals surface area contributed by atoms with Crippen LogP contribution in [0.5, 0.6) is 0 Å². The lowest BCUT2D eigenvalue weighted by Crippen LogP contribution is -2.37. The topological polar surface area (TPSA) is 108 Å². The van der Waals surface area contributed by atoms with Crippen LogP contribution in [0.3, 0.4) is 0 Å². The van der Waals surface area contributed by atoms with Gasteiger partial charge in [-0.1, -0.05) is 213 Å². The Morgan fingerprint density at radius 1 is 0.444 bits per heavy atom. The molecule has 0 saturated carbocycles. The zero-order chi connectivity index (χ0) is 52.7. The Kier molecular flexibility index (Phi) is 50.1. The van der Waals surface area contributed by atoms with Gasteiger partial charge >= 0.3 is 19.8 Å². The number of quaternary nitrogens is 1.